The van der Waals surface area contributed by atoms with Crippen LogP contribution in [0.4, 0.5) is 17.1 Å². The molecule has 4 heteroatoms. The predicted octanol–water partition coefficient (Wildman–Crippen LogP) is 14.2. The zero-order valence-electron chi connectivity index (χ0n) is 28.0. The van der Waals surface area contributed by atoms with E-state index in [1.165, 1.54) is 47.6 Å². The first-order chi connectivity index (χ1) is 25.8. The van der Waals surface area contributed by atoms with E-state index in [0.717, 1.165) is 50.2 Å². The molecule has 0 aliphatic heterocycles. The first-order valence-corrected chi connectivity index (χ1v) is 18.4. The summed E-state index contributed by atoms with van der Waals surface area (Å²) in [6.45, 7) is 0. The Balaban J connectivity index is 1.20. The summed E-state index contributed by atoms with van der Waals surface area (Å²) >= 11 is 1.85. The average Bonchev–Trinajstić information content (AvgIpc) is 3.88. The van der Waals surface area contributed by atoms with Gasteiger partial charge in [-0.2, -0.15) is 0 Å². The van der Waals surface area contributed by atoms with Crippen molar-refractivity contribution in [1.82, 2.24) is 4.57 Å². The highest BCUT2D eigenvalue weighted by molar-refractivity contribution is 7.26. The largest absolute Gasteiger partial charge is 0.455 e. The van der Waals surface area contributed by atoms with Crippen LogP contribution in [-0.2, 0) is 0 Å². The number of benzene rings is 8. The van der Waals surface area contributed by atoms with Gasteiger partial charge in [0, 0.05) is 70.0 Å². The molecule has 0 saturated heterocycles. The van der Waals surface area contributed by atoms with Crippen LogP contribution in [0, 0.1) is 0 Å². The van der Waals surface area contributed by atoms with E-state index >= 15 is 0 Å². The van der Waals surface area contributed by atoms with Gasteiger partial charge in [0.1, 0.15) is 11.2 Å². The molecule has 0 bridgehead atoms. The van der Waals surface area contributed by atoms with Crippen molar-refractivity contribution in [1.29, 1.82) is 0 Å². The zero-order chi connectivity index (χ0) is 34.2. The molecule has 0 aliphatic rings. The smallest absolute Gasteiger partial charge is 0.144 e. The van der Waals surface area contributed by atoms with E-state index in [-0.39, 0.29) is 0 Å². The fourth-order valence-electron chi connectivity index (χ4n) is 8.05. The van der Waals surface area contributed by atoms with Crippen LogP contribution in [0.2, 0.25) is 0 Å². The van der Waals surface area contributed by atoms with Gasteiger partial charge in [-0.1, -0.05) is 109 Å². The first kappa shape index (κ1) is 29.1. The molecular formula is C48H30N2OS. The highest BCUT2D eigenvalue weighted by Gasteiger charge is 2.21. The average molecular weight is 683 g/mol. The van der Waals surface area contributed by atoms with E-state index in [0.29, 0.717) is 0 Å². The summed E-state index contributed by atoms with van der Waals surface area (Å²) in [5.41, 5.74) is 11.1. The van der Waals surface area contributed by atoms with Gasteiger partial charge in [0.2, 0.25) is 0 Å². The monoisotopic (exact) mass is 682 g/mol. The van der Waals surface area contributed by atoms with Gasteiger partial charge in [0.15, 0.2) is 0 Å². The van der Waals surface area contributed by atoms with Crippen molar-refractivity contribution >= 4 is 92.3 Å². The second kappa shape index (κ2) is 11.5. The van der Waals surface area contributed by atoms with Gasteiger partial charge >= 0.3 is 0 Å². The lowest BCUT2D eigenvalue weighted by Gasteiger charge is -2.25. The molecule has 0 radical (unpaired) electrons. The Hall–Kier alpha value is -6.62. The SMILES string of the molecule is c1ccc(N(c2ccccc2)c2ccc3c4ccc(-c5cc6c7ccccc7oc6c6c5sc5ccccc56)cc4n(-c4ccccc4)c3c2)cc1. The number of rotatable bonds is 5. The summed E-state index contributed by atoms with van der Waals surface area (Å²) < 4.78 is 11.5. The van der Waals surface area contributed by atoms with Gasteiger partial charge < -0.3 is 13.9 Å². The zero-order valence-corrected chi connectivity index (χ0v) is 28.8. The number of hydrogen-bond donors (Lipinski definition) is 0. The predicted molar refractivity (Wildman–Crippen MR) is 221 cm³/mol. The van der Waals surface area contributed by atoms with Gasteiger partial charge in [-0.05, 0) is 78.4 Å². The van der Waals surface area contributed by atoms with Crippen molar-refractivity contribution in [3.05, 3.63) is 182 Å². The number of thiophene rings is 1. The first-order valence-electron chi connectivity index (χ1n) is 17.6. The van der Waals surface area contributed by atoms with Crippen LogP contribution < -0.4 is 4.90 Å². The number of anilines is 3. The Morgan fingerprint density at radius 2 is 1.08 bits per heavy atom. The van der Waals surface area contributed by atoms with Crippen molar-refractivity contribution in [3.8, 4) is 16.8 Å². The van der Waals surface area contributed by atoms with Crippen LogP contribution in [0.1, 0.15) is 0 Å². The second-order valence-electron chi connectivity index (χ2n) is 13.3. The Morgan fingerprint density at radius 3 is 1.83 bits per heavy atom. The summed E-state index contributed by atoms with van der Waals surface area (Å²) in [4.78, 5) is 2.33. The lowest BCUT2D eigenvalue weighted by Crippen LogP contribution is -2.09. The minimum Gasteiger partial charge on any atom is -0.455 e. The van der Waals surface area contributed by atoms with E-state index < -0.39 is 0 Å². The number of hydrogen-bond acceptors (Lipinski definition) is 3. The maximum atomic E-state index is 6.60. The Bertz CT molecular complexity index is 3080. The third kappa shape index (κ3) is 4.38. The molecule has 0 aliphatic carbocycles. The molecule has 0 N–H and O–H groups in total. The third-order valence-electron chi connectivity index (χ3n) is 10.4. The lowest BCUT2D eigenvalue weighted by atomic mass is 9.98. The molecule has 8 aromatic carbocycles. The molecule has 0 amide bonds. The van der Waals surface area contributed by atoms with Crippen LogP contribution in [0.15, 0.2) is 186 Å². The molecular weight excluding hydrogens is 653 g/mol. The molecule has 0 unspecified atom stereocenters. The molecule has 11 rings (SSSR count). The molecule has 52 heavy (non-hydrogen) atoms. The minimum absolute atomic E-state index is 0.918. The maximum absolute atomic E-state index is 6.60. The van der Waals surface area contributed by atoms with Crippen molar-refractivity contribution in [2.45, 2.75) is 0 Å². The topological polar surface area (TPSA) is 21.3 Å². The molecule has 0 fully saturated rings. The lowest BCUT2D eigenvalue weighted by molar-refractivity contribution is 0.673. The molecule has 0 saturated carbocycles. The fourth-order valence-corrected chi connectivity index (χ4v) is 9.29. The van der Waals surface area contributed by atoms with Crippen LogP contribution in [0.3, 0.4) is 0 Å². The number of nitrogens with zero attached hydrogens (tertiary/aromatic N) is 2. The van der Waals surface area contributed by atoms with Gasteiger partial charge in [-0.25, -0.2) is 0 Å². The Labute approximate surface area is 303 Å². The Morgan fingerprint density at radius 1 is 0.462 bits per heavy atom. The second-order valence-corrected chi connectivity index (χ2v) is 14.4. The van der Waals surface area contributed by atoms with Crippen molar-refractivity contribution < 1.29 is 4.42 Å². The Kier molecular flexibility index (Phi) is 6.42. The maximum Gasteiger partial charge on any atom is 0.144 e. The van der Waals surface area contributed by atoms with Crippen LogP contribution in [-0.4, -0.2) is 4.57 Å². The van der Waals surface area contributed by atoms with Gasteiger partial charge in [0.25, 0.3) is 0 Å². The molecule has 0 atom stereocenters. The van der Waals surface area contributed by atoms with Crippen LogP contribution in [0.25, 0.3) is 80.7 Å². The standard InChI is InChI=1S/C48H30N2OS/c1-4-14-32(15-5-1)49(33-16-6-2-7-17-33)35-25-27-37-36-26-24-31(28-42(36)50(43(37)29-35)34-18-8-3-9-19-34)40-30-41-38-20-10-12-22-44(38)51-47(41)46-39-21-11-13-23-45(39)52-48(40)46/h1-30H. The fraction of sp³-hybridized carbons (Fsp3) is 0. The van der Waals surface area contributed by atoms with Gasteiger partial charge in [0.05, 0.1) is 11.0 Å². The molecule has 0 spiro atoms. The highest BCUT2D eigenvalue weighted by Crippen LogP contribution is 2.48. The summed E-state index contributed by atoms with van der Waals surface area (Å²) in [5.74, 6) is 0. The number of para-hydroxylation sites is 4. The number of furan rings is 1. The van der Waals surface area contributed by atoms with Crippen molar-refractivity contribution in [2.24, 2.45) is 0 Å². The number of fused-ring (bicyclic) bond motifs is 10. The van der Waals surface area contributed by atoms with E-state index in [9.17, 15) is 0 Å². The third-order valence-corrected chi connectivity index (χ3v) is 11.6. The molecule has 244 valence electrons. The van der Waals surface area contributed by atoms with E-state index in [4.69, 9.17) is 4.42 Å². The molecule has 3 aromatic heterocycles. The van der Waals surface area contributed by atoms with Crippen molar-refractivity contribution in [2.75, 3.05) is 4.90 Å². The number of aromatic nitrogens is 1. The summed E-state index contributed by atoms with van der Waals surface area (Å²) in [5, 5.41) is 7.17. The molecule has 3 heterocycles. The van der Waals surface area contributed by atoms with Crippen LogP contribution >= 0.6 is 11.3 Å². The van der Waals surface area contributed by atoms with Crippen LogP contribution in [0.5, 0.6) is 0 Å². The normalized spacial score (nSPS) is 11.8. The molecule has 3 nitrogen and oxygen atoms in total. The van der Waals surface area contributed by atoms with E-state index in [1.807, 2.05) is 11.3 Å². The van der Waals surface area contributed by atoms with Gasteiger partial charge in [-0.15, -0.1) is 11.3 Å². The quantitative estimate of drug-likeness (QED) is 0.180. The van der Waals surface area contributed by atoms with Crippen molar-refractivity contribution in [3.63, 3.8) is 0 Å². The van der Waals surface area contributed by atoms with Gasteiger partial charge in [-0.3, -0.25) is 0 Å². The summed E-state index contributed by atoms with van der Waals surface area (Å²) in [6, 6.07) is 65.3. The van der Waals surface area contributed by atoms with E-state index in [1.54, 1.807) is 0 Å². The van der Waals surface area contributed by atoms with E-state index in [2.05, 4.69) is 191 Å². The minimum atomic E-state index is 0.918. The molecule has 11 aromatic rings. The summed E-state index contributed by atoms with van der Waals surface area (Å²) in [7, 11) is 0. The summed E-state index contributed by atoms with van der Waals surface area (Å²) in [6.07, 6.45) is 0. The highest BCUT2D eigenvalue weighted by atomic mass is 32.1.